The van der Waals surface area contributed by atoms with Crippen molar-refractivity contribution in [3.63, 3.8) is 0 Å². The zero-order valence-corrected chi connectivity index (χ0v) is 13.9. The lowest BCUT2D eigenvalue weighted by molar-refractivity contribution is -0.110. The van der Waals surface area contributed by atoms with Crippen molar-refractivity contribution in [3.05, 3.63) is 89.2 Å². The Labute approximate surface area is 146 Å². The third kappa shape index (κ3) is 3.19. The monoisotopic (exact) mass is 327 g/mol. The van der Waals surface area contributed by atoms with E-state index in [9.17, 15) is 4.79 Å². The molecule has 0 saturated carbocycles. The van der Waals surface area contributed by atoms with Gasteiger partial charge < -0.3 is 5.32 Å². The quantitative estimate of drug-likeness (QED) is 0.789. The molecule has 0 spiro atoms. The summed E-state index contributed by atoms with van der Waals surface area (Å²) in [7, 11) is 0. The van der Waals surface area contributed by atoms with Gasteiger partial charge in [-0.05, 0) is 60.9 Å². The number of carbonyl (C=O) groups excluding carboxylic acids is 1. The average Bonchev–Trinajstić information content (AvgIpc) is 2.93. The van der Waals surface area contributed by atoms with Crippen LogP contribution in [0.2, 0.25) is 0 Å². The molecule has 0 unspecified atom stereocenters. The summed E-state index contributed by atoms with van der Waals surface area (Å²) < 4.78 is 0. The zero-order valence-electron chi connectivity index (χ0n) is 13.9. The molecule has 4 heteroatoms. The summed E-state index contributed by atoms with van der Waals surface area (Å²) in [6.45, 7) is 2.01. The number of nitrogens with one attached hydrogen (secondary N) is 1. The molecule has 0 fully saturated rings. The summed E-state index contributed by atoms with van der Waals surface area (Å²) in [6.07, 6.45) is 4.45. The Balaban J connectivity index is 1.60. The van der Waals surface area contributed by atoms with Crippen LogP contribution < -0.4 is 5.32 Å². The highest BCUT2D eigenvalue weighted by atomic mass is 16.2. The number of benzene rings is 2. The summed E-state index contributed by atoms with van der Waals surface area (Å²) >= 11 is 0. The number of hydrogen-bond donors (Lipinski definition) is 1. The van der Waals surface area contributed by atoms with E-state index in [0.717, 1.165) is 28.9 Å². The van der Waals surface area contributed by atoms with Crippen molar-refractivity contribution in [1.29, 1.82) is 0 Å². The first-order chi connectivity index (χ1) is 12.2. The van der Waals surface area contributed by atoms with Gasteiger partial charge in [-0.1, -0.05) is 23.8 Å². The number of amides is 1. The van der Waals surface area contributed by atoms with Crippen LogP contribution in [0, 0.1) is 6.92 Å². The van der Waals surface area contributed by atoms with E-state index in [1.807, 2.05) is 61.5 Å². The van der Waals surface area contributed by atoms with Crippen LogP contribution >= 0.6 is 0 Å². The molecule has 1 aliphatic rings. The fraction of sp³-hybridized carbons (Fsp3) is 0.0952. The molecule has 4 nitrogen and oxygen atoms in total. The average molecular weight is 327 g/mol. The van der Waals surface area contributed by atoms with Crippen LogP contribution in [0.3, 0.4) is 0 Å². The number of hydrogen-bond acceptors (Lipinski definition) is 3. The van der Waals surface area contributed by atoms with Crippen molar-refractivity contribution in [3.8, 4) is 0 Å². The van der Waals surface area contributed by atoms with Crippen LogP contribution in [0.4, 0.5) is 11.4 Å². The number of aryl methyl sites for hydroxylation is 1. The molecule has 2 heterocycles. The molecule has 0 atom stereocenters. The number of carbonyl (C=O) groups is 1. The molecule has 1 amide bonds. The van der Waals surface area contributed by atoms with Crippen LogP contribution in [-0.2, 0) is 11.2 Å². The lowest BCUT2D eigenvalue weighted by Gasteiger charge is -2.03. The molecule has 3 aromatic rings. The standard InChI is InChI=1S/C21H17N3O/c1-14-2-7-19-18(12-14)20(21(25)24-19)23-17-5-3-15(4-6-17)13-16-8-10-22-11-9-16/h2-12H,13H2,1H3,(H,23,24,25). The van der Waals surface area contributed by atoms with Crippen molar-refractivity contribution < 1.29 is 4.79 Å². The first-order valence-corrected chi connectivity index (χ1v) is 8.18. The molecule has 0 saturated heterocycles. The van der Waals surface area contributed by atoms with Gasteiger partial charge in [0, 0.05) is 18.0 Å². The summed E-state index contributed by atoms with van der Waals surface area (Å²) in [5.41, 5.74) is 6.46. The highest BCUT2D eigenvalue weighted by Crippen LogP contribution is 2.27. The predicted octanol–water partition coefficient (Wildman–Crippen LogP) is 4.05. The maximum absolute atomic E-state index is 12.2. The molecule has 1 aromatic heterocycles. The van der Waals surface area contributed by atoms with E-state index in [0.29, 0.717) is 5.71 Å². The first kappa shape index (κ1) is 15.3. The highest BCUT2D eigenvalue weighted by molar-refractivity contribution is 6.54. The van der Waals surface area contributed by atoms with E-state index in [4.69, 9.17) is 0 Å². The van der Waals surface area contributed by atoms with Gasteiger partial charge in [-0.3, -0.25) is 9.78 Å². The Hall–Kier alpha value is -3.27. The summed E-state index contributed by atoms with van der Waals surface area (Å²) in [5.74, 6) is -0.151. The Kier molecular flexibility index (Phi) is 3.86. The fourth-order valence-corrected chi connectivity index (χ4v) is 2.93. The van der Waals surface area contributed by atoms with E-state index in [1.165, 1.54) is 11.1 Å². The molecule has 2 aromatic carbocycles. The molecule has 122 valence electrons. The van der Waals surface area contributed by atoms with Crippen LogP contribution in [0.25, 0.3) is 0 Å². The number of rotatable bonds is 3. The normalized spacial score (nSPS) is 14.4. The maximum Gasteiger partial charge on any atom is 0.275 e. The molecule has 1 N–H and O–H groups in total. The Morgan fingerprint density at radius 2 is 1.68 bits per heavy atom. The minimum absolute atomic E-state index is 0.151. The molecular weight excluding hydrogens is 310 g/mol. The van der Waals surface area contributed by atoms with Crippen molar-refractivity contribution in [2.45, 2.75) is 13.3 Å². The van der Waals surface area contributed by atoms with Crippen molar-refractivity contribution in [2.75, 3.05) is 5.32 Å². The molecular formula is C21H17N3O. The second-order valence-corrected chi connectivity index (χ2v) is 6.16. The number of nitrogens with zero attached hydrogens (tertiary/aromatic N) is 2. The topological polar surface area (TPSA) is 54.4 Å². The maximum atomic E-state index is 12.2. The Bertz CT molecular complexity index is 960. The SMILES string of the molecule is Cc1ccc2c(c1)C(=Nc1ccc(Cc3ccncc3)cc1)C(=O)N2. The van der Waals surface area contributed by atoms with E-state index < -0.39 is 0 Å². The largest absolute Gasteiger partial charge is 0.320 e. The lowest BCUT2D eigenvalue weighted by Crippen LogP contribution is -2.13. The van der Waals surface area contributed by atoms with Crippen molar-refractivity contribution in [1.82, 2.24) is 4.98 Å². The molecule has 1 aliphatic heterocycles. The highest BCUT2D eigenvalue weighted by Gasteiger charge is 2.25. The third-order valence-electron chi connectivity index (χ3n) is 4.23. The van der Waals surface area contributed by atoms with Crippen molar-refractivity contribution >= 4 is 23.0 Å². The Morgan fingerprint density at radius 3 is 2.44 bits per heavy atom. The van der Waals surface area contributed by atoms with Gasteiger partial charge in [0.1, 0.15) is 5.71 Å². The minimum atomic E-state index is -0.151. The first-order valence-electron chi connectivity index (χ1n) is 8.18. The summed E-state index contributed by atoms with van der Waals surface area (Å²) in [6, 6.07) is 17.9. The molecule has 0 radical (unpaired) electrons. The van der Waals surface area contributed by atoms with Gasteiger partial charge in [0.25, 0.3) is 5.91 Å². The minimum Gasteiger partial charge on any atom is -0.320 e. The molecule has 0 bridgehead atoms. The van der Waals surface area contributed by atoms with Gasteiger partial charge in [0.05, 0.1) is 11.4 Å². The third-order valence-corrected chi connectivity index (χ3v) is 4.23. The second-order valence-electron chi connectivity index (χ2n) is 6.16. The van der Waals surface area contributed by atoms with Crippen LogP contribution in [0.1, 0.15) is 22.3 Å². The number of pyridine rings is 1. The molecule has 4 rings (SSSR count). The number of aliphatic imine (C=N–C) groups is 1. The van der Waals surface area contributed by atoms with Crippen LogP contribution in [0.15, 0.2) is 72.0 Å². The van der Waals surface area contributed by atoms with E-state index in [1.54, 1.807) is 12.4 Å². The lowest BCUT2D eigenvalue weighted by atomic mass is 10.1. The van der Waals surface area contributed by atoms with Gasteiger partial charge >= 0.3 is 0 Å². The van der Waals surface area contributed by atoms with Gasteiger partial charge in [-0.15, -0.1) is 0 Å². The smallest absolute Gasteiger partial charge is 0.275 e. The van der Waals surface area contributed by atoms with E-state index in [-0.39, 0.29) is 5.91 Å². The van der Waals surface area contributed by atoms with Gasteiger partial charge in [0.2, 0.25) is 0 Å². The summed E-state index contributed by atoms with van der Waals surface area (Å²) in [4.78, 5) is 20.8. The number of anilines is 1. The van der Waals surface area contributed by atoms with Crippen molar-refractivity contribution in [2.24, 2.45) is 4.99 Å². The van der Waals surface area contributed by atoms with Gasteiger partial charge in [0.15, 0.2) is 0 Å². The van der Waals surface area contributed by atoms with Gasteiger partial charge in [-0.25, -0.2) is 4.99 Å². The number of aromatic nitrogens is 1. The van der Waals surface area contributed by atoms with E-state index in [2.05, 4.69) is 15.3 Å². The summed E-state index contributed by atoms with van der Waals surface area (Å²) in [5, 5.41) is 2.86. The second kappa shape index (κ2) is 6.32. The Morgan fingerprint density at radius 1 is 0.960 bits per heavy atom. The van der Waals surface area contributed by atoms with Gasteiger partial charge in [-0.2, -0.15) is 0 Å². The fourth-order valence-electron chi connectivity index (χ4n) is 2.93. The molecule has 0 aliphatic carbocycles. The van der Waals surface area contributed by atoms with Crippen LogP contribution in [-0.4, -0.2) is 16.6 Å². The van der Waals surface area contributed by atoms with E-state index >= 15 is 0 Å². The molecule has 25 heavy (non-hydrogen) atoms. The van der Waals surface area contributed by atoms with Crippen LogP contribution in [0.5, 0.6) is 0 Å². The number of fused-ring (bicyclic) bond motifs is 1. The zero-order chi connectivity index (χ0) is 17.2. The predicted molar refractivity (Wildman–Crippen MR) is 99.5 cm³/mol.